The van der Waals surface area contributed by atoms with Crippen LogP contribution >= 0.6 is 0 Å². The van der Waals surface area contributed by atoms with Gasteiger partial charge in [0.2, 0.25) is 5.95 Å². The summed E-state index contributed by atoms with van der Waals surface area (Å²) >= 11 is 0. The van der Waals surface area contributed by atoms with Gasteiger partial charge in [-0.05, 0) is 43.7 Å². The van der Waals surface area contributed by atoms with E-state index in [1.54, 1.807) is 19.5 Å². The van der Waals surface area contributed by atoms with Crippen LogP contribution in [0, 0.1) is 13.8 Å². The van der Waals surface area contributed by atoms with E-state index in [4.69, 9.17) is 14.2 Å². The Morgan fingerprint density at radius 3 is 2.45 bits per heavy atom. The van der Waals surface area contributed by atoms with Crippen LogP contribution in [-0.4, -0.2) is 27.2 Å². The summed E-state index contributed by atoms with van der Waals surface area (Å²) in [5.74, 6) is 1.97. The van der Waals surface area contributed by atoms with Gasteiger partial charge in [0, 0.05) is 36.3 Å². The summed E-state index contributed by atoms with van der Waals surface area (Å²) in [6.45, 7) is 4.43. The number of hydrogen-bond donors (Lipinski definition) is 1. The third-order valence-electron chi connectivity index (χ3n) is 4.48. The van der Waals surface area contributed by atoms with Gasteiger partial charge in [0.15, 0.2) is 5.76 Å². The molecule has 0 radical (unpaired) electrons. The topological polar surface area (TPSA) is 86.0 Å². The first-order valence-electron chi connectivity index (χ1n) is 9.23. The van der Waals surface area contributed by atoms with Gasteiger partial charge in [-0.15, -0.1) is 0 Å². The summed E-state index contributed by atoms with van der Waals surface area (Å²) in [6, 6.07) is 13.7. The van der Waals surface area contributed by atoms with Gasteiger partial charge in [-0.25, -0.2) is 9.97 Å². The van der Waals surface area contributed by atoms with Gasteiger partial charge in [0.1, 0.15) is 5.75 Å². The average Bonchev–Trinajstić information content (AvgIpc) is 3.19. The van der Waals surface area contributed by atoms with Gasteiger partial charge in [0.25, 0.3) is 0 Å². The molecule has 0 bridgehead atoms. The van der Waals surface area contributed by atoms with E-state index in [0.717, 1.165) is 39.5 Å². The monoisotopic (exact) mass is 387 g/mol. The smallest absolute Gasteiger partial charge is 0.223 e. The van der Waals surface area contributed by atoms with Crippen LogP contribution in [0.2, 0.25) is 0 Å². The Morgan fingerprint density at radius 1 is 0.966 bits per heavy atom. The molecule has 0 aliphatic carbocycles. The fraction of sp³-hybridized carbons (Fsp3) is 0.182. The van der Waals surface area contributed by atoms with E-state index in [1.165, 1.54) is 0 Å². The Bertz CT molecular complexity index is 1110. The number of ether oxygens (including phenoxy) is 1. The van der Waals surface area contributed by atoms with Crippen molar-refractivity contribution in [2.45, 2.75) is 20.4 Å². The Labute approximate surface area is 168 Å². The zero-order valence-electron chi connectivity index (χ0n) is 16.5. The van der Waals surface area contributed by atoms with E-state index < -0.39 is 0 Å². The third kappa shape index (κ3) is 4.24. The predicted octanol–water partition coefficient (Wildman–Crippen LogP) is 4.43. The Balaban J connectivity index is 1.65. The van der Waals surface area contributed by atoms with Crippen LogP contribution < -0.4 is 10.1 Å². The summed E-state index contributed by atoms with van der Waals surface area (Å²) < 4.78 is 10.6. The Kier molecular flexibility index (Phi) is 5.20. The molecule has 1 N–H and O–H groups in total. The highest BCUT2D eigenvalue weighted by molar-refractivity contribution is 5.78. The lowest BCUT2D eigenvalue weighted by Gasteiger charge is -2.10. The first-order chi connectivity index (χ1) is 14.1. The molecule has 29 heavy (non-hydrogen) atoms. The van der Waals surface area contributed by atoms with Crippen molar-refractivity contribution in [3.63, 3.8) is 0 Å². The predicted molar refractivity (Wildman–Crippen MR) is 111 cm³/mol. The molecule has 7 nitrogen and oxygen atoms in total. The van der Waals surface area contributed by atoms with Crippen LogP contribution in [-0.2, 0) is 6.54 Å². The second kappa shape index (κ2) is 8.10. The number of aryl methyl sites for hydroxylation is 2. The number of anilines is 1. The van der Waals surface area contributed by atoms with Crippen LogP contribution in [0.15, 0.2) is 59.4 Å². The largest absolute Gasteiger partial charge is 0.497 e. The zero-order valence-corrected chi connectivity index (χ0v) is 16.5. The van der Waals surface area contributed by atoms with Gasteiger partial charge in [-0.1, -0.05) is 17.3 Å². The van der Waals surface area contributed by atoms with E-state index in [0.29, 0.717) is 18.3 Å². The average molecular weight is 387 g/mol. The van der Waals surface area contributed by atoms with Gasteiger partial charge < -0.3 is 14.6 Å². The molecule has 0 unspecified atom stereocenters. The van der Waals surface area contributed by atoms with E-state index in [2.05, 4.69) is 20.4 Å². The van der Waals surface area contributed by atoms with E-state index >= 15 is 0 Å². The molecule has 0 aliphatic heterocycles. The van der Waals surface area contributed by atoms with E-state index in [1.807, 2.05) is 56.3 Å². The Morgan fingerprint density at radius 2 is 1.79 bits per heavy atom. The normalized spacial score (nSPS) is 10.7. The van der Waals surface area contributed by atoms with Crippen molar-refractivity contribution < 1.29 is 9.26 Å². The summed E-state index contributed by atoms with van der Waals surface area (Å²) in [7, 11) is 1.65. The van der Waals surface area contributed by atoms with Crippen molar-refractivity contribution >= 4 is 5.95 Å². The second-order valence-electron chi connectivity index (χ2n) is 6.68. The first kappa shape index (κ1) is 18.6. The molecule has 146 valence electrons. The number of nitrogens with zero attached hydrogens (tertiary/aromatic N) is 4. The van der Waals surface area contributed by atoms with Crippen LogP contribution in [0.1, 0.15) is 17.0 Å². The molecular formula is C22H21N5O2. The summed E-state index contributed by atoms with van der Waals surface area (Å²) in [6.07, 6.45) is 3.55. The van der Waals surface area contributed by atoms with Crippen molar-refractivity contribution in [1.29, 1.82) is 0 Å². The molecule has 3 aromatic heterocycles. The van der Waals surface area contributed by atoms with Crippen molar-refractivity contribution in [3.8, 4) is 28.3 Å². The van der Waals surface area contributed by atoms with Crippen molar-refractivity contribution in [2.75, 3.05) is 12.4 Å². The minimum absolute atomic E-state index is 0.524. The number of aromatic nitrogens is 4. The van der Waals surface area contributed by atoms with Crippen LogP contribution in [0.3, 0.4) is 0 Å². The van der Waals surface area contributed by atoms with E-state index in [-0.39, 0.29) is 0 Å². The number of methoxy groups -OCH3 is 1. The van der Waals surface area contributed by atoms with Crippen LogP contribution in [0.4, 0.5) is 5.95 Å². The molecule has 1 aromatic carbocycles. The SMILES string of the molecule is COc1ccc(CNc2ncc(-c3cc(C)no3)c(-c3ccc(C)nc3)n2)cc1. The summed E-state index contributed by atoms with van der Waals surface area (Å²) in [5, 5.41) is 7.26. The molecule has 0 aliphatic rings. The number of pyridine rings is 1. The number of rotatable bonds is 6. The van der Waals surface area contributed by atoms with Gasteiger partial charge in [-0.2, -0.15) is 0 Å². The van der Waals surface area contributed by atoms with Crippen molar-refractivity contribution in [1.82, 2.24) is 20.1 Å². The van der Waals surface area contributed by atoms with Gasteiger partial charge >= 0.3 is 0 Å². The van der Waals surface area contributed by atoms with Crippen molar-refractivity contribution in [2.24, 2.45) is 0 Å². The molecule has 0 spiro atoms. The van der Waals surface area contributed by atoms with Crippen LogP contribution in [0.25, 0.3) is 22.6 Å². The minimum Gasteiger partial charge on any atom is -0.497 e. The number of benzene rings is 1. The highest BCUT2D eigenvalue weighted by atomic mass is 16.5. The van der Waals surface area contributed by atoms with Crippen molar-refractivity contribution in [3.05, 3.63) is 71.8 Å². The summed E-state index contributed by atoms with van der Waals surface area (Å²) in [5.41, 5.74) is 5.23. The molecule has 0 saturated heterocycles. The summed E-state index contributed by atoms with van der Waals surface area (Å²) in [4.78, 5) is 13.6. The number of hydrogen-bond acceptors (Lipinski definition) is 7. The highest BCUT2D eigenvalue weighted by Gasteiger charge is 2.15. The first-order valence-corrected chi connectivity index (χ1v) is 9.23. The molecule has 4 aromatic rings. The zero-order chi connectivity index (χ0) is 20.2. The molecule has 0 atom stereocenters. The molecule has 0 saturated carbocycles. The lowest BCUT2D eigenvalue weighted by Crippen LogP contribution is -2.05. The fourth-order valence-electron chi connectivity index (χ4n) is 2.89. The van der Waals surface area contributed by atoms with Crippen LogP contribution in [0.5, 0.6) is 5.75 Å². The van der Waals surface area contributed by atoms with Gasteiger partial charge in [-0.3, -0.25) is 4.98 Å². The standard InChI is InChI=1S/C22H21N5O2/c1-14-4-7-17(12-23-14)21-19(20-10-15(2)27-29-20)13-25-22(26-21)24-11-16-5-8-18(28-3)9-6-16/h4-10,12-13H,11H2,1-3H3,(H,24,25,26). The highest BCUT2D eigenvalue weighted by Crippen LogP contribution is 2.31. The molecule has 3 heterocycles. The van der Waals surface area contributed by atoms with Gasteiger partial charge in [0.05, 0.1) is 24.1 Å². The lowest BCUT2D eigenvalue weighted by atomic mass is 10.1. The maximum atomic E-state index is 5.44. The molecular weight excluding hydrogens is 366 g/mol. The Hall–Kier alpha value is -3.74. The fourth-order valence-corrected chi connectivity index (χ4v) is 2.89. The minimum atomic E-state index is 0.524. The molecule has 0 fully saturated rings. The second-order valence-corrected chi connectivity index (χ2v) is 6.68. The molecule has 0 amide bonds. The molecule has 4 rings (SSSR count). The number of nitrogens with one attached hydrogen (secondary N) is 1. The lowest BCUT2D eigenvalue weighted by molar-refractivity contribution is 0.414. The molecule has 7 heteroatoms. The third-order valence-corrected chi connectivity index (χ3v) is 4.48. The quantitative estimate of drug-likeness (QED) is 0.524. The van der Waals surface area contributed by atoms with E-state index in [9.17, 15) is 0 Å². The maximum absolute atomic E-state index is 5.44. The maximum Gasteiger partial charge on any atom is 0.223 e.